The molecule has 1 aromatic rings. The van der Waals surface area contributed by atoms with Gasteiger partial charge in [-0.05, 0) is 24.2 Å². The van der Waals surface area contributed by atoms with Crippen LogP contribution in [0.3, 0.4) is 0 Å². The minimum atomic E-state index is -0.263. The quantitative estimate of drug-likeness (QED) is 0.825. The third-order valence-electron chi connectivity index (χ3n) is 4.01. The number of H-pyrrole nitrogens is 1. The van der Waals surface area contributed by atoms with Crippen LogP contribution in [0.25, 0.3) is 0 Å². The van der Waals surface area contributed by atoms with Gasteiger partial charge in [0.2, 0.25) is 0 Å². The van der Waals surface area contributed by atoms with E-state index in [4.69, 9.17) is 0 Å². The van der Waals surface area contributed by atoms with E-state index in [0.29, 0.717) is 12.3 Å². The summed E-state index contributed by atoms with van der Waals surface area (Å²) in [4.78, 5) is 7.25. The fourth-order valence-electron chi connectivity index (χ4n) is 2.98. The number of hydrogen-bond acceptors (Lipinski definition) is 2. The fourth-order valence-corrected chi connectivity index (χ4v) is 2.98. The van der Waals surface area contributed by atoms with E-state index in [1.165, 1.54) is 19.3 Å². The topological polar surface area (TPSA) is 48.9 Å². The van der Waals surface area contributed by atoms with Gasteiger partial charge in [-0.25, -0.2) is 4.98 Å². The van der Waals surface area contributed by atoms with E-state index in [1.807, 2.05) is 6.20 Å². The molecular weight excluding hydrogens is 200 g/mol. The summed E-state index contributed by atoms with van der Waals surface area (Å²) < 4.78 is 0. The van der Waals surface area contributed by atoms with Crippen LogP contribution >= 0.6 is 0 Å². The van der Waals surface area contributed by atoms with Crippen LogP contribution in [0, 0.1) is 11.3 Å². The summed E-state index contributed by atoms with van der Waals surface area (Å²) in [7, 11) is 0. The normalized spacial score (nSPS) is 26.6. The molecule has 2 rings (SSSR count). The van der Waals surface area contributed by atoms with Crippen molar-refractivity contribution < 1.29 is 5.11 Å². The average Bonchev–Trinajstić information content (AvgIpc) is 2.69. The van der Waals surface area contributed by atoms with Gasteiger partial charge in [0, 0.05) is 18.8 Å². The maximum Gasteiger partial charge on any atom is 0.108 e. The minimum Gasteiger partial charge on any atom is -0.392 e. The first-order chi connectivity index (χ1) is 7.59. The van der Waals surface area contributed by atoms with E-state index in [0.717, 1.165) is 12.2 Å². The van der Waals surface area contributed by atoms with Crippen LogP contribution in [0.15, 0.2) is 12.4 Å². The molecule has 0 amide bonds. The van der Waals surface area contributed by atoms with Crippen molar-refractivity contribution >= 4 is 0 Å². The van der Waals surface area contributed by atoms with Crippen LogP contribution in [-0.4, -0.2) is 21.2 Å². The predicted molar refractivity (Wildman–Crippen MR) is 64.0 cm³/mol. The lowest BCUT2D eigenvalue weighted by Crippen LogP contribution is -2.38. The summed E-state index contributed by atoms with van der Waals surface area (Å²) in [5.41, 5.74) is 0.268. The number of nitrogens with one attached hydrogen (secondary N) is 1. The molecule has 0 spiro atoms. The van der Waals surface area contributed by atoms with Gasteiger partial charge in [-0.2, -0.15) is 0 Å². The van der Waals surface area contributed by atoms with Crippen molar-refractivity contribution in [1.82, 2.24) is 9.97 Å². The number of nitrogens with zero attached hydrogens (tertiary/aromatic N) is 1. The van der Waals surface area contributed by atoms with Gasteiger partial charge in [0.05, 0.1) is 6.10 Å². The van der Waals surface area contributed by atoms with Crippen LogP contribution < -0.4 is 0 Å². The van der Waals surface area contributed by atoms with Crippen molar-refractivity contribution in [2.75, 3.05) is 0 Å². The van der Waals surface area contributed by atoms with E-state index in [9.17, 15) is 5.11 Å². The number of imidazole rings is 1. The van der Waals surface area contributed by atoms with Crippen molar-refractivity contribution in [3.8, 4) is 0 Å². The molecule has 1 fully saturated rings. The Balaban J connectivity index is 2.00. The van der Waals surface area contributed by atoms with Gasteiger partial charge < -0.3 is 10.1 Å². The minimum absolute atomic E-state index is 0.263. The van der Waals surface area contributed by atoms with Crippen molar-refractivity contribution in [2.45, 2.75) is 52.1 Å². The molecule has 0 radical (unpaired) electrons. The highest BCUT2D eigenvalue weighted by Crippen LogP contribution is 2.42. The Morgan fingerprint density at radius 3 is 3.00 bits per heavy atom. The first-order valence-electron chi connectivity index (χ1n) is 6.26. The lowest BCUT2D eigenvalue weighted by atomic mass is 9.66. The second-order valence-electron chi connectivity index (χ2n) is 5.65. The summed E-state index contributed by atoms with van der Waals surface area (Å²) in [6, 6.07) is 0. The molecule has 1 saturated carbocycles. The molecule has 1 heterocycles. The lowest BCUT2D eigenvalue weighted by Gasteiger charge is -2.41. The molecule has 0 bridgehead atoms. The molecule has 1 aliphatic rings. The molecular formula is C13H22N2O. The number of aromatic nitrogens is 2. The van der Waals surface area contributed by atoms with E-state index in [-0.39, 0.29) is 11.5 Å². The Kier molecular flexibility index (Phi) is 3.33. The van der Waals surface area contributed by atoms with Gasteiger partial charge in [-0.1, -0.05) is 26.7 Å². The van der Waals surface area contributed by atoms with Crippen LogP contribution in [0.5, 0.6) is 0 Å². The zero-order valence-electron chi connectivity index (χ0n) is 10.2. The zero-order valence-corrected chi connectivity index (χ0v) is 10.2. The van der Waals surface area contributed by atoms with Crippen molar-refractivity contribution in [3.05, 3.63) is 18.2 Å². The molecule has 16 heavy (non-hydrogen) atoms. The van der Waals surface area contributed by atoms with Crippen LogP contribution in [0.4, 0.5) is 0 Å². The molecule has 2 unspecified atom stereocenters. The average molecular weight is 222 g/mol. The number of aromatic amines is 1. The maximum atomic E-state index is 10.3. The molecule has 1 aromatic heterocycles. The molecule has 0 aromatic carbocycles. The van der Waals surface area contributed by atoms with Gasteiger partial charge in [0.1, 0.15) is 5.82 Å². The largest absolute Gasteiger partial charge is 0.392 e. The van der Waals surface area contributed by atoms with E-state index < -0.39 is 0 Å². The maximum absolute atomic E-state index is 10.3. The molecule has 1 aliphatic carbocycles. The highest BCUT2D eigenvalue weighted by atomic mass is 16.3. The third kappa shape index (κ3) is 2.46. The number of aliphatic hydroxyl groups excluding tert-OH is 1. The Hall–Kier alpha value is -0.830. The molecule has 0 aliphatic heterocycles. The van der Waals surface area contributed by atoms with Gasteiger partial charge in [0.15, 0.2) is 0 Å². The zero-order chi connectivity index (χ0) is 11.6. The molecule has 2 atom stereocenters. The van der Waals surface area contributed by atoms with Crippen molar-refractivity contribution in [1.29, 1.82) is 0 Å². The molecule has 90 valence electrons. The van der Waals surface area contributed by atoms with Crippen molar-refractivity contribution in [3.63, 3.8) is 0 Å². The van der Waals surface area contributed by atoms with E-state index in [1.54, 1.807) is 6.20 Å². The Bertz CT molecular complexity index is 319. The Labute approximate surface area is 97.3 Å². The second kappa shape index (κ2) is 4.58. The van der Waals surface area contributed by atoms with Crippen molar-refractivity contribution in [2.24, 2.45) is 11.3 Å². The fraction of sp³-hybridized carbons (Fsp3) is 0.769. The van der Waals surface area contributed by atoms with Crippen LogP contribution in [0.2, 0.25) is 0 Å². The molecule has 0 saturated heterocycles. The van der Waals surface area contributed by atoms with Crippen LogP contribution in [-0.2, 0) is 6.42 Å². The highest BCUT2D eigenvalue weighted by molar-refractivity contribution is 4.94. The predicted octanol–water partition coefficient (Wildman–Crippen LogP) is 2.53. The monoisotopic (exact) mass is 222 g/mol. The summed E-state index contributed by atoms with van der Waals surface area (Å²) in [6.45, 7) is 4.56. The summed E-state index contributed by atoms with van der Waals surface area (Å²) >= 11 is 0. The summed E-state index contributed by atoms with van der Waals surface area (Å²) in [5, 5.41) is 10.3. The van der Waals surface area contributed by atoms with Gasteiger partial charge >= 0.3 is 0 Å². The van der Waals surface area contributed by atoms with Crippen LogP contribution in [0.1, 0.15) is 45.4 Å². The first kappa shape index (κ1) is 11.6. The van der Waals surface area contributed by atoms with Gasteiger partial charge in [0.25, 0.3) is 0 Å². The number of hydrogen-bond donors (Lipinski definition) is 2. The highest BCUT2D eigenvalue weighted by Gasteiger charge is 2.36. The Morgan fingerprint density at radius 1 is 1.56 bits per heavy atom. The number of aliphatic hydroxyl groups is 1. The van der Waals surface area contributed by atoms with E-state index in [2.05, 4.69) is 23.8 Å². The summed E-state index contributed by atoms with van der Waals surface area (Å²) in [5.74, 6) is 1.31. The first-order valence-corrected chi connectivity index (χ1v) is 6.26. The second-order valence-corrected chi connectivity index (χ2v) is 5.65. The summed E-state index contributed by atoms with van der Waals surface area (Å²) in [6.07, 6.45) is 8.88. The Morgan fingerprint density at radius 2 is 2.38 bits per heavy atom. The SMILES string of the molecule is CC1(C)CCCCC1C(O)Cc1ncc[nH]1. The van der Waals surface area contributed by atoms with E-state index >= 15 is 0 Å². The van der Waals surface area contributed by atoms with Gasteiger partial charge in [-0.3, -0.25) is 0 Å². The van der Waals surface area contributed by atoms with Gasteiger partial charge in [-0.15, -0.1) is 0 Å². The standard InChI is InChI=1S/C13H22N2O/c1-13(2)6-4-3-5-10(13)11(16)9-12-14-7-8-15-12/h7-8,10-11,16H,3-6,9H2,1-2H3,(H,14,15). The number of rotatable bonds is 3. The lowest BCUT2D eigenvalue weighted by molar-refractivity contribution is 0.00487. The third-order valence-corrected chi connectivity index (χ3v) is 4.01. The smallest absolute Gasteiger partial charge is 0.108 e. The molecule has 3 nitrogen and oxygen atoms in total. The molecule has 2 N–H and O–H groups in total. The molecule has 3 heteroatoms.